The predicted molar refractivity (Wildman–Crippen MR) is 89.9 cm³/mol. The van der Waals surface area contributed by atoms with Crippen LogP contribution in [0.4, 0.5) is 0 Å². The van der Waals surface area contributed by atoms with Gasteiger partial charge in [-0.2, -0.15) is 5.10 Å². The molecule has 1 atom stereocenters. The second-order valence-electron chi connectivity index (χ2n) is 5.12. The maximum absolute atomic E-state index is 11.7. The Morgan fingerprint density at radius 3 is 2.72 bits per heavy atom. The van der Waals surface area contributed by atoms with Crippen LogP contribution in [0.2, 0.25) is 0 Å². The minimum atomic E-state index is -1.12. The van der Waals surface area contributed by atoms with Crippen molar-refractivity contribution in [1.29, 1.82) is 0 Å². The van der Waals surface area contributed by atoms with Crippen LogP contribution in [-0.2, 0) is 16.1 Å². The normalized spacial score (nSPS) is 11.9. The van der Waals surface area contributed by atoms with Gasteiger partial charge in [0.15, 0.2) is 6.61 Å². The average molecular weight is 345 g/mol. The van der Waals surface area contributed by atoms with E-state index in [9.17, 15) is 9.59 Å². The summed E-state index contributed by atoms with van der Waals surface area (Å²) in [5, 5.41) is 15.4. The van der Waals surface area contributed by atoms with E-state index in [1.165, 1.54) is 13.1 Å². The van der Waals surface area contributed by atoms with Crippen molar-refractivity contribution in [3.05, 3.63) is 54.0 Å². The van der Waals surface area contributed by atoms with Gasteiger partial charge in [-0.1, -0.05) is 0 Å². The monoisotopic (exact) mass is 345 g/mol. The van der Waals surface area contributed by atoms with Crippen molar-refractivity contribution < 1.29 is 23.8 Å². The number of furan rings is 1. The lowest BCUT2D eigenvalue weighted by Gasteiger charge is -2.07. The topological polar surface area (TPSA) is 113 Å². The van der Waals surface area contributed by atoms with Gasteiger partial charge in [-0.3, -0.25) is 9.59 Å². The number of ether oxygens (including phenoxy) is 1. The first-order valence-electron chi connectivity index (χ1n) is 7.57. The first-order chi connectivity index (χ1) is 12.0. The fourth-order valence-electron chi connectivity index (χ4n) is 1.71. The molecule has 1 heterocycles. The Balaban J connectivity index is 1.73. The van der Waals surface area contributed by atoms with E-state index in [2.05, 4.69) is 15.8 Å². The number of hydrogen-bond donors (Lipinski definition) is 3. The van der Waals surface area contributed by atoms with Crippen molar-refractivity contribution in [2.24, 2.45) is 5.10 Å². The SMILES string of the molecule is C[C@H](O)C(=O)N/N=C\c1ccc(OCC(=O)NCc2ccco2)cc1. The molecule has 1 aromatic heterocycles. The molecule has 0 aliphatic heterocycles. The van der Waals surface area contributed by atoms with E-state index in [1.54, 1.807) is 42.7 Å². The number of carbonyl (C=O) groups excluding carboxylic acids is 2. The largest absolute Gasteiger partial charge is 0.484 e. The van der Waals surface area contributed by atoms with Gasteiger partial charge in [-0.25, -0.2) is 5.43 Å². The van der Waals surface area contributed by atoms with Crippen LogP contribution >= 0.6 is 0 Å². The minimum absolute atomic E-state index is 0.113. The molecule has 0 fully saturated rings. The Bertz CT molecular complexity index is 708. The highest BCUT2D eigenvalue weighted by Crippen LogP contribution is 2.11. The molecule has 0 aliphatic carbocycles. The summed E-state index contributed by atoms with van der Waals surface area (Å²) in [5.74, 6) is 0.345. The maximum atomic E-state index is 11.7. The van der Waals surface area contributed by atoms with Gasteiger partial charge in [0.2, 0.25) is 0 Å². The summed E-state index contributed by atoms with van der Waals surface area (Å²) in [6.45, 7) is 1.54. The first kappa shape index (κ1) is 18.2. The molecule has 0 spiro atoms. The number of carbonyl (C=O) groups is 2. The van der Waals surface area contributed by atoms with Gasteiger partial charge in [-0.05, 0) is 48.9 Å². The molecule has 132 valence electrons. The van der Waals surface area contributed by atoms with E-state index < -0.39 is 12.0 Å². The Morgan fingerprint density at radius 1 is 1.32 bits per heavy atom. The summed E-state index contributed by atoms with van der Waals surface area (Å²) in [7, 11) is 0. The first-order valence-corrected chi connectivity index (χ1v) is 7.57. The quantitative estimate of drug-likeness (QED) is 0.484. The van der Waals surface area contributed by atoms with Crippen LogP contribution in [0.25, 0.3) is 0 Å². The van der Waals surface area contributed by atoms with E-state index in [4.69, 9.17) is 14.3 Å². The molecule has 8 nitrogen and oxygen atoms in total. The van der Waals surface area contributed by atoms with Crippen LogP contribution in [0.3, 0.4) is 0 Å². The third kappa shape index (κ3) is 6.48. The number of aliphatic hydroxyl groups excluding tert-OH is 1. The van der Waals surface area contributed by atoms with Gasteiger partial charge in [-0.15, -0.1) is 0 Å². The summed E-state index contributed by atoms with van der Waals surface area (Å²) in [6.07, 6.45) is 1.85. The molecule has 0 aliphatic rings. The number of rotatable bonds is 8. The third-order valence-corrected chi connectivity index (χ3v) is 3.06. The lowest BCUT2D eigenvalue weighted by molar-refractivity contribution is -0.128. The molecule has 0 radical (unpaired) electrons. The summed E-state index contributed by atoms with van der Waals surface area (Å²) >= 11 is 0. The molecule has 3 N–H and O–H groups in total. The summed E-state index contributed by atoms with van der Waals surface area (Å²) < 4.78 is 10.5. The summed E-state index contributed by atoms with van der Waals surface area (Å²) in [5.41, 5.74) is 2.92. The number of hydrogen-bond acceptors (Lipinski definition) is 6. The number of nitrogens with one attached hydrogen (secondary N) is 2. The smallest absolute Gasteiger partial charge is 0.268 e. The lowest BCUT2D eigenvalue weighted by Crippen LogP contribution is -2.28. The lowest BCUT2D eigenvalue weighted by atomic mass is 10.2. The molecular weight excluding hydrogens is 326 g/mol. The van der Waals surface area contributed by atoms with Crippen molar-refractivity contribution in [2.45, 2.75) is 19.6 Å². The predicted octanol–water partition coefficient (Wildman–Crippen LogP) is 0.806. The Kier molecular flexibility index (Phi) is 6.73. The highest BCUT2D eigenvalue weighted by molar-refractivity contribution is 5.84. The molecule has 0 bridgehead atoms. The zero-order valence-electron chi connectivity index (χ0n) is 13.6. The molecule has 8 heteroatoms. The molecule has 2 rings (SSSR count). The Morgan fingerprint density at radius 2 is 2.08 bits per heavy atom. The van der Waals surface area contributed by atoms with Crippen LogP contribution in [0.15, 0.2) is 52.2 Å². The van der Waals surface area contributed by atoms with E-state index >= 15 is 0 Å². The second-order valence-corrected chi connectivity index (χ2v) is 5.12. The van der Waals surface area contributed by atoms with E-state index in [0.29, 0.717) is 18.1 Å². The number of amides is 2. The van der Waals surface area contributed by atoms with Crippen LogP contribution in [-0.4, -0.2) is 35.8 Å². The van der Waals surface area contributed by atoms with E-state index in [1.807, 2.05) is 0 Å². The average Bonchev–Trinajstić information content (AvgIpc) is 3.12. The van der Waals surface area contributed by atoms with Crippen molar-refractivity contribution in [1.82, 2.24) is 10.7 Å². The fraction of sp³-hybridized carbons (Fsp3) is 0.235. The van der Waals surface area contributed by atoms with Crippen molar-refractivity contribution in [3.63, 3.8) is 0 Å². The molecule has 1 aromatic carbocycles. The minimum Gasteiger partial charge on any atom is -0.484 e. The Labute approximate surface area is 144 Å². The highest BCUT2D eigenvalue weighted by atomic mass is 16.5. The zero-order chi connectivity index (χ0) is 18.1. The van der Waals surface area contributed by atoms with Crippen molar-refractivity contribution in [2.75, 3.05) is 6.61 Å². The molecule has 2 aromatic rings. The number of nitrogens with zero attached hydrogens (tertiary/aromatic N) is 1. The van der Waals surface area contributed by atoms with Crippen LogP contribution < -0.4 is 15.5 Å². The number of benzene rings is 1. The van der Waals surface area contributed by atoms with Gasteiger partial charge in [0.25, 0.3) is 11.8 Å². The second kappa shape index (κ2) is 9.24. The molecule has 0 saturated carbocycles. The molecule has 0 saturated heterocycles. The van der Waals surface area contributed by atoms with Crippen molar-refractivity contribution >= 4 is 18.0 Å². The standard InChI is InChI=1S/C17H19N3O5/c1-12(21)17(23)20-19-9-13-4-6-14(7-5-13)25-11-16(22)18-10-15-3-2-8-24-15/h2-9,12,21H,10-11H2,1H3,(H,18,22)(H,20,23)/b19-9-/t12-/m0/s1. The maximum Gasteiger partial charge on any atom is 0.268 e. The van der Waals surface area contributed by atoms with E-state index in [-0.39, 0.29) is 12.5 Å². The highest BCUT2D eigenvalue weighted by Gasteiger charge is 2.06. The van der Waals surface area contributed by atoms with Gasteiger partial charge in [0.1, 0.15) is 17.6 Å². The molecule has 2 amide bonds. The van der Waals surface area contributed by atoms with E-state index in [0.717, 1.165) is 5.56 Å². The Hall–Kier alpha value is -3.13. The van der Waals surface area contributed by atoms with Crippen LogP contribution in [0.1, 0.15) is 18.2 Å². The fourth-order valence-corrected chi connectivity index (χ4v) is 1.71. The van der Waals surface area contributed by atoms with Crippen LogP contribution in [0, 0.1) is 0 Å². The van der Waals surface area contributed by atoms with Crippen molar-refractivity contribution in [3.8, 4) is 5.75 Å². The van der Waals surface area contributed by atoms with Gasteiger partial charge < -0.3 is 19.6 Å². The van der Waals surface area contributed by atoms with Gasteiger partial charge >= 0.3 is 0 Å². The van der Waals surface area contributed by atoms with Crippen LogP contribution in [0.5, 0.6) is 5.75 Å². The zero-order valence-corrected chi connectivity index (χ0v) is 13.6. The molecular formula is C17H19N3O5. The van der Waals surface area contributed by atoms with Gasteiger partial charge in [0.05, 0.1) is 19.0 Å². The van der Waals surface area contributed by atoms with Gasteiger partial charge in [0, 0.05) is 0 Å². The molecule has 25 heavy (non-hydrogen) atoms. The number of hydrazone groups is 1. The summed E-state index contributed by atoms with van der Waals surface area (Å²) in [4.78, 5) is 22.8. The third-order valence-electron chi connectivity index (χ3n) is 3.06. The molecule has 0 unspecified atom stereocenters. The number of aliphatic hydroxyl groups is 1. The summed E-state index contributed by atoms with van der Waals surface area (Å²) in [6, 6.07) is 10.3.